The molecule has 0 N–H and O–H groups in total. The first-order chi connectivity index (χ1) is 7.66. The summed E-state index contributed by atoms with van der Waals surface area (Å²) in [5, 5.41) is 0. The highest BCUT2D eigenvalue weighted by Gasteiger charge is 2.29. The molecule has 0 radical (unpaired) electrons. The van der Waals surface area contributed by atoms with Gasteiger partial charge in [-0.25, -0.2) is 4.39 Å². The number of hydrogen-bond acceptors (Lipinski definition) is 2. The molecule has 4 heteroatoms. The highest BCUT2D eigenvalue weighted by Crippen LogP contribution is 2.22. The number of benzene rings is 1. The standard InChI is InChI=1S/C12H16FNOS/c1-10-4-6-12(7-5-10)16(15)14-8-2-3-11(13)9-14/h4-7,11H,2-3,8-9H2,1H3. The lowest BCUT2D eigenvalue weighted by atomic mass is 10.1. The molecular weight excluding hydrogens is 225 g/mol. The van der Waals surface area contributed by atoms with Crippen LogP contribution in [-0.4, -0.2) is 28.1 Å². The van der Waals surface area contributed by atoms with Gasteiger partial charge in [-0.15, -0.1) is 4.31 Å². The van der Waals surface area contributed by atoms with Gasteiger partial charge in [0, 0.05) is 6.54 Å². The van der Waals surface area contributed by atoms with Crippen molar-refractivity contribution in [2.24, 2.45) is 0 Å². The topological polar surface area (TPSA) is 26.3 Å². The maximum atomic E-state index is 13.2. The van der Waals surface area contributed by atoms with Crippen molar-refractivity contribution < 1.29 is 8.94 Å². The lowest BCUT2D eigenvalue weighted by molar-refractivity contribution is 0.203. The van der Waals surface area contributed by atoms with Gasteiger partial charge in [0.2, 0.25) is 0 Å². The van der Waals surface area contributed by atoms with Crippen LogP contribution in [0.25, 0.3) is 0 Å². The molecule has 0 spiro atoms. The fourth-order valence-corrected chi connectivity index (χ4v) is 3.11. The molecule has 2 nitrogen and oxygen atoms in total. The molecule has 1 saturated heterocycles. The van der Waals surface area contributed by atoms with Gasteiger partial charge in [-0.3, -0.25) is 0 Å². The molecule has 0 amide bonds. The summed E-state index contributed by atoms with van der Waals surface area (Å²) < 4.78 is 27.0. The van der Waals surface area contributed by atoms with E-state index in [1.807, 2.05) is 31.2 Å². The Labute approximate surface area is 98.8 Å². The first kappa shape index (κ1) is 11.9. The van der Waals surface area contributed by atoms with Crippen molar-refractivity contribution in [3.05, 3.63) is 29.8 Å². The summed E-state index contributed by atoms with van der Waals surface area (Å²) in [4.78, 5) is 0.764. The fraction of sp³-hybridized carbons (Fsp3) is 0.500. The molecule has 1 aliphatic rings. The van der Waals surface area contributed by atoms with Gasteiger partial charge in [0.15, 0.2) is 4.90 Å². The van der Waals surface area contributed by atoms with E-state index in [2.05, 4.69) is 0 Å². The summed E-state index contributed by atoms with van der Waals surface area (Å²) in [6, 6.07) is 7.58. The van der Waals surface area contributed by atoms with Crippen molar-refractivity contribution >= 4 is 11.4 Å². The van der Waals surface area contributed by atoms with Gasteiger partial charge in [-0.1, -0.05) is 17.7 Å². The predicted molar refractivity (Wildman–Crippen MR) is 63.3 cm³/mol. The molecule has 1 aliphatic heterocycles. The molecule has 2 unspecified atom stereocenters. The average Bonchev–Trinajstić information content (AvgIpc) is 2.29. The highest BCUT2D eigenvalue weighted by molar-refractivity contribution is 7.89. The Hall–Kier alpha value is -0.580. The molecule has 0 aromatic heterocycles. The minimum atomic E-state index is -1.21. The van der Waals surface area contributed by atoms with Crippen LogP contribution < -0.4 is 0 Å². The van der Waals surface area contributed by atoms with Crippen molar-refractivity contribution in [3.63, 3.8) is 0 Å². The van der Waals surface area contributed by atoms with Crippen LogP contribution in [0.15, 0.2) is 29.2 Å². The predicted octanol–water partition coefficient (Wildman–Crippen LogP) is 2.45. The zero-order chi connectivity index (χ0) is 11.5. The zero-order valence-corrected chi connectivity index (χ0v) is 10.2. The van der Waals surface area contributed by atoms with Crippen LogP contribution in [-0.2, 0) is 11.4 Å². The number of halogens is 1. The maximum Gasteiger partial charge on any atom is 0.174 e. The third kappa shape index (κ3) is 2.75. The van der Waals surface area contributed by atoms with E-state index in [4.69, 9.17) is 0 Å². The largest absolute Gasteiger partial charge is 0.593 e. The Kier molecular flexibility index (Phi) is 3.84. The van der Waals surface area contributed by atoms with Crippen LogP contribution in [0, 0.1) is 6.92 Å². The van der Waals surface area contributed by atoms with E-state index in [-0.39, 0.29) is 0 Å². The number of aryl methyl sites for hydroxylation is 1. The molecule has 2 rings (SSSR count). The summed E-state index contributed by atoms with van der Waals surface area (Å²) in [6.45, 7) is 3.01. The number of nitrogens with zero attached hydrogens (tertiary/aromatic N) is 1. The second-order valence-electron chi connectivity index (χ2n) is 4.19. The maximum absolute atomic E-state index is 13.2. The van der Waals surface area contributed by atoms with Gasteiger partial charge >= 0.3 is 0 Å². The molecule has 1 fully saturated rings. The fourth-order valence-electron chi connectivity index (χ4n) is 1.85. The molecule has 0 saturated carbocycles. The number of rotatable bonds is 2. The molecule has 1 aromatic carbocycles. The second-order valence-corrected chi connectivity index (χ2v) is 5.68. The molecule has 2 atom stereocenters. The second kappa shape index (κ2) is 5.17. The van der Waals surface area contributed by atoms with E-state index in [1.165, 1.54) is 0 Å². The SMILES string of the molecule is Cc1ccc([S+]([O-])N2CCCC(F)C2)cc1. The first-order valence-electron chi connectivity index (χ1n) is 5.54. The van der Waals surface area contributed by atoms with Crippen molar-refractivity contribution in [2.45, 2.75) is 30.8 Å². The van der Waals surface area contributed by atoms with Crippen LogP contribution in [0.1, 0.15) is 18.4 Å². The van der Waals surface area contributed by atoms with Gasteiger partial charge in [0.25, 0.3) is 0 Å². The minimum absolute atomic E-state index is 0.292. The summed E-state index contributed by atoms with van der Waals surface area (Å²) in [5.74, 6) is 0. The monoisotopic (exact) mass is 241 g/mol. The Morgan fingerprint density at radius 2 is 2.06 bits per heavy atom. The Morgan fingerprint density at radius 1 is 1.38 bits per heavy atom. The van der Waals surface area contributed by atoms with Gasteiger partial charge in [0.1, 0.15) is 6.17 Å². The number of hydrogen-bond donors (Lipinski definition) is 0. The Morgan fingerprint density at radius 3 is 2.69 bits per heavy atom. The summed E-state index contributed by atoms with van der Waals surface area (Å²) in [5.41, 5.74) is 1.14. The Balaban J connectivity index is 2.06. The molecular formula is C12H16FNOS. The van der Waals surface area contributed by atoms with Crippen LogP contribution >= 0.6 is 0 Å². The zero-order valence-electron chi connectivity index (χ0n) is 9.36. The molecule has 0 bridgehead atoms. The smallest absolute Gasteiger partial charge is 0.174 e. The molecule has 16 heavy (non-hydrogen) atoms. The summed E-state index contributed by atoms with van der Waals surface area (Å²) in [6.07, 6.45) is 0.559. The molecule has 1 heterocycles. The van der Waals surface area contributed by atoms with Crippen molar-refractivity contribution in [3.8, 4) is 0 Å². The summed E-state index contributed by atoms with van der Waals surface area (Å²) in [7, 11) is 0. The third-order valence-electron chi connectivity index (χ3n) is 2.78. The lowest BCUT2D eigenvalue weighted by Crippen LogP contribution is -2.40. The van der Waals surface area contributed by atoms with Crippen molar-refractivity contribution in [2.75, 3.05) is 13.1 Å². The van der Waals surface area contributed by atoms with Gasteiger partial charge < -0.3 is 4.55 Å². The van der Waals surface area contributed by atoms with Crippen LogP contribution in [0.2, 0.25) is 0 Å². The van der Waals surface area contributed by atoms with Crippen molar-refractivity contribution in [1.82, 2.24) is 4.31 Å². The minimum Gasteiger partial charge on any atom is -0.593 e. The van der Waals surface area contributed by atoms with E-state index in [0.717, 1.165) is 23.4 Å². The van der Waals surface area contributed by atoms with E-state index in [9.17, 15) is 8.94 Å². The normalized spacial score (nSPS) is 24.3. The third-order valence-corrected chi connectivity index (χ3v) is 4.26. The van der Waals surface area contributed by atoms with Crippen LogP contribution in [0.5, 0.6) is 0 Å². The van der Waals surface area contributed by atoms with E-state index in [0.29, 0.717) is 13.0 Å². The number of piperidine rings is 1. The number of alkyl halides is 1. The lowest BCUT2D eigenvalue weighted by Gasteiger charge is -2.28. The van der Waals surface area contributed by atoms with Gasteiger partial charge in [0.05, 0.1) is 17.9 Å². The van der Waals surface area contributed by atoms with E-state index < -0.39 is 17.5 Å². The quantitative estimate of drug-likeness (QED) is 0.743. The summed E-state index contributed by atoms with van der Waals surface area (Å²) >= 11 is -1.21. The molecule has 1 aromatic rings. The van der Waals surface area contributed by atoms with Gasteiger partial charge in [-0.05, 0) is 31.9 Å². The van der Waals surface area contributed by atoms with Crippen molar-refractivity contribution in [1.29, 1.82) is 0 Å². The van der Waals surface area contributed by atoms with E-state index in [1.54, 1.807) is 4.31 Å². The molecule has 0 aliphatic carbocycles. The molecule has 88 valence electrons. The Bertz CT molecular complexity index is 343. The van der Waals surface area contributed by atoms with Crippen LogP contribution in [0.3, 0.4) is 0 Å². The van der Waals surface area contributed by atoms with Gasteiger partial charge in [-0.2, -0.15) is 0 Å². The average molecular weight is 241 g/mol. The van der Waals surface area contributed by atoms with E-state index >= 15 is 0 Å². The highest BCUT2D eigenvalue weighted by atomic mass is 32.2. The van der Waals surface area contributed by atoms with Crippen LogP contribution in [0.4, 0.5) is 4.39 Å². The first-order valence-corrected chi connectivity index (χ1v) is 6.65.